The third-order valence-corrected chi connectivity index (χ3v) is 9.10. The van der Waals surface area contributed by atoms with Crippen molar-refractivity contribution >= 4 is 23.6 Å². The van der Waals surface area contributed by atoms with Gasteiger partial charge in [0.2, 0.25) is 5.91 Å². The topological polar surface area (TPSA) is 115 Å². The smallest absolute Gasteiger partial charge is 0.404 e. The van der Waals surface area contributed by atoms with Gasteiger partial charge in [-0.3, -0.25) is 9.78 Å². The number of carboxylic acid groups (broad SMARTS) is 1. The van der Waals surface area contributed by atoms with E-state index >= 15 is 0 Å². The van der Waals surface area contributed by atoms with Crippen LogP contribution >= 0.6 is 11.6 Å². The molecule has 4 atom stereocenters. The number of hydrogen-bond donors (Lipinski definition) is 4. The molecule has 2 fully saturated rings. The number of piperidine rings is 1. The number of likely N-dealkylation sites (tertiary alicyclic amines) is 1. The molecule has 0 radical (unpaired) electrons. The van der Waals surface area contributed by atoms with Crippen molar-refractivity contribution in [1.82, 2.24) is 20.5 Å². The van der Waals surface area contributed by atoms with Gasteiger partial charge < -0.3 is 25.7 Å². The number of aromatic nitrogens is 1. The Morgan fingerprint density at radius 2 is 2.02 bits per heavy atom. The Labute approximate surface area is 242 Å². The quantitative estimate of drug-likeness (QED) is 0.285. The Kier molecular flexibility index (Phi) is 10.1. The van der Waals surface area contributed by atoms with E-state index in [9.17, 15) is 14.7 Å². The molecule has 1 aliphatic heterocycles. The largest absolute Gasteiger partial charge is 0.465 e. The molecule has 4 unspecified atom stereocenters. The first-order chi connectivity index (χ1) is 19.1. The number of aliphatic hydroxyl groups is 1. The Bertz CT molecular complexity index is 1190. The standard InChI is InChI=1S/C31H43ClN4O4/c1-20(2)21-7-4-8-22(15-21)28-26(17-34-18-27(28)32)31(40,12-6-13-35-30(38)39)24-9-5-14-36(19-24)29(37)23-10-11-25(16-23)33-3/h4,7-8,15,17-18,20,23-25,33,35,40H,5-6,9-14,16,19H2,1-3H3,(H,38,39). The fourth-order valence-electron chi connectivity index (χ4n) is 6.52. The van der Waals surface area contributed by atoms with Crippen molar-refractivity contribution in [1.29, 1.82) is 0 Å². The SMILES string of the molecule is CNC1CCC(C(=O)N2CCCC(C(O)(CCCNC(=O)O)c3cncc(Cl)c3-c3cccc(C(C)C)c3)C2)C1. The Morgan fingerprint density at radius 1 is 1.23 bits per heavy atom. The van der Waals surface area contributed by atoms with Crippen LogP contribution in [0.15, 0.2) is 36.7 Å². The maximum absolute atomic E-state index is 13.6. The van der Waals surface area contributed by atoms with E-state index in [0.29, 0.717) is 48.5 Å². The highest BCUT2D eigenvalue weighted by atomic mass is 35.5. The van der Waals surface area contributed by atoms with Crippen LogP contribution < -0.4 is 10.6 Å². The van der Waals surface area contributed by atoms with Crippen LogP contribution in [0, 0.1) is 11.8 Å². The molecule has 1 saturated heterocycles. The molecule has 2 aromatic rings. The molecule has 1 saturated carbocycles. The summed E-state index contributed by atoms with van der Waals surface area (Å²) in [5.74, 6) is 0.252. The molecule has 8 nitrogen and oxygen atoms in total. The highest BCUT2D eigenvalue weighted by Crippen LogP contribution is 2.45. The minimum absolute atomic E-state index is 0.00577. The molecular formula is C31H43ClN4O4. The number of rotatable bonds is 10. The van der Waals surface area contributed by atoms with Crippen molar-refractivity contribution in [3.63, 3.8) is 0 Å². The van der Waals surface area contributed by atoms with E-state index in [1.165, 1.54) is 0 Å². The van der Waals surface area contributed by atoms with Crippen LogP contribution in [0.5, 0.6) is 0 Å². The van der Waals surface area contributed by atoms with Gasteiger partial charge in [-0.15, -0.1) is 0 Å². The number of carbonyl (C=O) groups excluding carboxylic acids is 1. The molecule has 4 N–H and O–H groups in total. The van der Waals surface area contributed by atoms with Gasteiger partial charge in [0.05, 0.1) is 10.6 Å². The number of amides is 2. The molecule has 1 aromatic carbocycles. The number of nitrogens with one attached hydrogen (secondary N) is 2. The van der Waals surface area contributed by atoms with Crippen molar-refractivity contribution < 1.29 is 19.8 Å². The molecule has 2 heterocycles. The third kappa shape index (κ3) is 6.78. The zero-order valence-corrected chi connectivity index (χ0v) is 24.6. The predicted octanol–water partition coefficient (Wildman–Crippen LogP) is 5.39. The zero-order valence-electron chi connectivity index (χ0n) is 23.8. The summed E-state index contributed by atoms with van der Waals surface area (Å²) in [5, 5.41) is 27.9. The number of hydrogen-bond acceptors (Lipinski definition) is 5. The van der Waals surface area contributed by atoms with E-state index in [4.69, 9.17) is 16.7 Å². The summed E-state index contributed by atoms with van der Waals surface area (Å²) >= 11 is 6.80. The number of nitrogens with zero attached hydrogens (tertiary/aromatic N) is 2. The van der Waals surface area contributed by atoms with Gasteiger partial charge in [-0.2, -0.15) is 0 Å². The molecule has 1 aromatic heterocycles. The number of pyridine rings is 1. The van der Waals surface area contributed by atoms with E-state index in [2.05, 4.69) is 41.6 Å². The fraction of sp³-hybridized carbons (Fsp3) is 0.581. The van der Waals surface area contributed by atoms with E-state index in [0.717, 1.165) is 48.8 Å². The van der Waals surface area contributed by atoms with Gasteiger partial charge in [0.15, 0.2) is 0 Å². The summed E-state index contributed by atoms with van der Waals surface area (Å²) in [5.41, 5.74) is 2.08. The normalized spacial score (nSPS) is 22.8. The monoisotopic (exact) mass is 570 g/mol. The second-order valence-corrected chi connectivity index (χ2v) is 12.1. The average molecular weight is 571 g/mol. The highest BCUT2D eigenvalue weighted by molar-refractivity contribution is 6.33. The minimum Gasteiger partial charge on any atom is -0.465 e. The molecule has 40 heavy (non-hydrogen) atoms. The predicted molar refractivity (Wildman–Crippen MR) is 157 cm³/mol. The van der Waals surface area contributed by atoms with Crippen molar-refractivity contribution in [2.75, 3.05) is 26.7 Å². The zero-order chi connectivity index (χ0) is 28.9. The molecule has 9 heteroatoms. The summed E-state index contributed by atoms with van der Waals surface area (Å²) in [6.07, 6.45) is 7.20. The molecule has 1 aliphatic carbocycles. The van der Waals surface area contributed by atoms with Gasteiger partial charge in [-0.1, -0.05) is 49.7 Å². The average Bonchev–Trinajstić information content (AvgIpc) is 3.44. The van der Waals surface area contributed by atoms with Gasteiger partial charge >= 0.3 is 6.09 Å². The maximum Gasteiger partial charge on any atom is 0.404 e. The number of carbonyl (C=O) groups is 2. The van der Waals surface area contributed by atoms with Gasteiger partial charge in [0.25, 0.3) is 0 Å². The van der Waals surface area contributed by atoms with Crippen molar-refractivity contribution in [3.8, 4) is 11.1 Å². The third-order valence-electron chi connectivity index (χ3n) is 8.82. The lowest BCUT2D eigenvalue weighted by atomic mass is 9.72. The lowest BCUT2D eigenvalue weighted by Crippen LogP contribution is -2.50. The molecule has 0 spiro atoms. The van der Waals surface area contributed by atoms with Crippen LogP contribution in [0.25, 0.3) is 11.1 Å². The van der Waals surface area contributed by atoms with Crippen LogP contribution in [0.3, 0.4) is 0 Å². The molecular weight excluding hydrogens is 528 g/mol. The van der Waals surface area contributed by atoms with Crippen LogP contribution in [-0.4, -0.2) is 64.8 Å². The van der Waals surface area contributed by atoms with Crippen LogP contribution in [0.4, 0.5) is 4.79 Å². The van der Waals surface area contributed by atoms with Crippen LogP contribution in [0.1, 0.15) is 75.8 Å². The second kappa shape index (κ2) is 13.3. The lowest BCUT2D eigenvalue weighted by molar-refractivity contribution is -0.140. The Balaban J connectivity index is 1.69. The molecule has 0 bridgehead atoms. The molecule has 218 valence electrons. The minimum atomic E-state index is -1.36. The maximum atomic E-state index is 13.6. The van der Waals surface area contributed by atoms with Gasteiger partial charge in [-0.05, 0) is 69.0 Å². The first kappa shape index (κ1) is 30.3. The Morgan fingerprint density at radius 3 is 2.73 bits per heavy atom. The first-order valence-electron chi connectivity index (χ1n) is 14.5. The summed E-state index contributed by atoms with van der Waals surface area (Å²) in [6, 6.07) is 8.56. The van der Waals surface area contributed by atoms with Gasteiger partial charge in [0.1, 0.15) is 0 Å². The molecule has 4 rings (SSSR count). The van der Waals surface area contributed by atoms with Crippen LogP contribution in [0.2, 0.25) is 5.02 Å². The van der Waals surface area contributed by atoms with Crippen LogP contribution in [-0.2, 0) is 10.4 Å². The van der Waals surface area contributed by atoms with E-state index in [1.807, 2.05) is 24.1 Å². The highest BCUT2D eigenvalue weighted by Gasteiger charge is 2.44. The van der Waals surface area contributed by atoms with Crippen molar-refractivity contribution in [3.05, 3.63) is 52.8 Å². The van der Waals surface area contributed by atoms with E-state index < -0.39 is 11.7 Å². The Hall–Kier alpha value is -2.68. The summed E-state index contributed by atoms with van der Waals surface area (Å²) < 4.78 is 0. The summed E-state index contributed by atoms with van der Waals surface area (Å²) in [6.45, 7) is 5.62. The van der Waals surface area contributed by atoms with E-state index in [1.54, 1.807) is 12.4 Å². The fourth-order valence-corrected chi connectivity index (χ4v) is 6.78. The molecule has 2 aliphatic rings. The first-order valence-corrected chi connectivity index (χ1v) is 14.9. The number of halogens is 1. The van der Waals surface area contributed by atoms with Crippen molar-refractivity contribution in [2.45, 2.75) is 76.4 Å². The number of benzene rings is 1. The van der Waals surface area contributed by atoms with E-state index in [-0.39, 0.29) is 24.3 Å². The van der Waals surface area contributed by atoms with Crippen molar-refractivity contribution in [2.24, 2.45) is 11.8 Å². The molecule has 2 amide bonds. The lowest BCUT2D eigenvalue weighted by Gasteiger charge is -2.44. The summed E-state index contributed by atoms with van der Waals surface area (Å²) in [7, 11) is 1.95. The summed E-state index contributed by atoms with van der Waals surface area (Å²) in [4.78, 5) is 31.0. The van der Waals surface area contributed by atoms with Gasteiger partial charge in [-0.25, -0.2) is 4.79 Å². The van der Waals surface area contributed by atoms with Gasteiger partial charge in [0, 0.05) is 61.0 Å². The second-order valence-electron chi connectivity index (χ2n) is 11.7.